The van der Waals surface area contributed by atoms with E-state index in [4.69, 9.17) is 5.84 Å². The van der Waals surface area contributed by atoms with Gasteiger partial charge in [-0.15, -0.1) is 0 Å². The van der Waals surface area contributed by atoms with E-state index in [0.717, 1.165) is 50.4 Å². The number of carbonyl (C=O) groups is 1. The molecule has 1 amide bonds. The Morgan fingerprint density at radius 1 is 1.35 bits per heavy atom. The van der Waals surface area contributed by atoms with Gasteiger partial charge in [-0.2, -0.15) is 0 Å². The molecule has 1 aromatic rings. The molecule has 0 aromatic carbocycles. The Morgan fingerprint density at radius 2 is 2.05 bits per heavy atom. The third-order valence-corrected chi connectivity index (χ3v) is 3.58. The fourth-order valence-electron chi connectivity index (χ4n) is 2.51. The van der Waals surface area contributed by atoms with E-state index in [0.29, 0.717) is 5.82 Å². The number of aromatic nitrogens is 2. The minimum Gasteiger partial charge on any atom is -0.353 e. The molecule has 0 saturated carbocycles. The lowest BCUT2D eigenvalue weighted by molar-refractivity contribution is -0.129. The molecule has 0 aliphatic carbocycles. The summed E-state index contributed by atoms with van der Waals surface area (Å²) in [4.78, 5) is 24.0. The molecule has 0 spiro atoms. The average molecular weight is 278 g/mol. The van der Waals surface area contributed by atoms with Gasteiger partial charge in [0.2, 0.25) is 5.91 Å². The van der Waals surface area contributed by atoms with Crippen LogP contribution in [0.1, 0.15) is 25.8 Å². The predicted octanol–water partition coefficient (Wildman–Crippen LogP) is 0.383. The number of nitrogens with two attached hydrogens (primary N) is 1. The molecular formula is C13H22N6O. The van der Waals surface area contributed by atoms with Crippen LogP contribution in [0.25, 0.3) is 0 Å². The normalized spacial score (nSPS) is 15.3. The van der Waals surface area contributed by atoms with Crippen molar-refractivity contribution in [1.29, 1.82) is 0 Å². The van der Waals surface area contributed by atoms with E-state index < -0.39 is 0 Å². The lowest BCUT2D eigenvalue weighted by Gasteiger charge is -2.35. The van der Waals surface area contributed by atoms with Gasteiger partial charge in [0, 0.05) is 38.7 Å². The van der Waals surface area contributed by atoms with Gasteiger partial charge in [0.15, 0.2) is 0 Å². The summed E-state index contributed by atoms with van der Waals surface area (Å²) in [6.45, 7) is 6.77. The summed E-state index contributed by atoms with van der Waals surface area (Å²) in [7, 11) is 0. The molecule has 2 rings (SSSR count). The maximum atomic E-state index is 11.4. The van der Waals surface area contributed by atoms with Gasteiger partial charge in [-0.25, -0.2) is 15.8 Å². The molecule has 0 bridgehead atoms. The second-order valence-electron chi connectivity index (χ2n) is 4.91. The highest BCUT2D eigenvalue weighted by atomic mass is 16.2. The number of anilines is 2. The summed E-state index contributed by atoms with van der Waals surface area (Å²) in [5.41, 5.74) is 3.69. The highest BCUT2D eigenvalue weighted by molar-refractivity contribution is 5.73. The molecule has 0 atom stereocenters. The van der Waals surface area contributed by atoms with Crippen molar-refractivity contribution < 1.29 is 4.79 Å². The average Bonchev–Trinajstić information content (AvgIpc) is 2.48. The van der Waals surface area contributed by atoms with Crippen LogP contribution in [0.5, 0.6) is 0 Å². The van der Waals surface area contributed by atoms with Gasteiger partial charge in [-0.3, -0.25) is 4.79 Å². The van der Waals surface area contributed by atoms with E-state index >= 15 is 0 Å². The largest absolute Gasteiger partial charge is 0.353 e. The topological polar surface area (TPSA) is 87.4 Å². The fourth-order valence-corrected chi connectivity index (χ4v) is 2.51. The number of hydrazine groups is 1. The number of piperazine rings is 1. The predicted molar refractivity (Wildman–Crippen MR) is 78.3 cm³/mol. The van der Waals surface area contributed by atoms with Crippen molar-refractivity contribution in [2.75, 3.05) is 36.5 Å². The number of hydrogen-bond donors (Lipinski definition) is 2. The number of carbonyl (C=O) groups excluding carboxylic acids is 1. The summed E-state index contributed by atoms with van der Waals surface area (Å²) in [5, 5.41) is 0. The Hall–Kier alpha value is -1.89. The highest BCUT2D eigenvalue weighted by Crippen LogP contribution is 2.25. The summed E-state index contributed by atoms with van der Waals surface area (Å²) in [6, 6.07) is 0. The van der Waals surface area contributed by atoms with E-state index in [2.05, 4.69) is 27.2 Å². The van der Waals surface area contributed by atoms with Crippen molar-refractivity contribution in [3.05, 3.63) is 11.9 Å². The van der Waals surface area contributed by atoms with E-state index in [1.165, 1.54) is 6.33 Å². The van der Waals surface area contributed by atoms with Crippen molar-refractivity contribution in [3.63, 3.8) is 0 Å². The number of amides is 1. The SMILES string of the molecule is CCCc1c(NN)ncnc1N1CCN(C(C)=O)CC1. The van der Waals surface area contributed by atoms with Crippen molar-refractivity contribution in [2.24, 2.45) is 5.84 Å². The van der Waals surface area contributed by atoms with E-state index in [9.17, 15) is 4.79 Å². The smallest absolute Gasteiger partial charge is 0.219 e. The first-order valence-electron chi connectivity index (χ1n) is 6.98. The Kier molecular flexibility index (Phi) is 4.73. The summed E-state index contributed by atoms with van der Waals surface area (Å²) >= 11 is 0. The van der Waals surface area contributed by atoms with E-state index in [-0.39, 0.29) is 5.91 Å². The van der Waals surface area contributed by atoms with Gasteiger partial charge >= 0.3 is 0 Å². The van der Waals surface area contributed by atoms with Crippen LogP contribution < -0.4 is 16.2 Å². The fraction of sp³-hybridized carbons (Fsp3) is 0.615. The quantitative estimate of drug-likeness (QED) is 0.612. The maximum absolute atomic E-state index is 11.4. The Balaban J connectivity index is 2.18. The van der Waals surface area contributed by atoms with Gasteiger partial charge in [0.25, 0.3) is 0 Å². The van der Waals surface area contributed by atoms with Crippen LogP contribution in [0, 0.1) is 0 Å². The molecule has 1 aromatic heterocycles. The molecule has 7 heteroatoms. The Bertz CT molecular complexity index is 470. The van der Waals surface area contributed by atoms with E-state index in [1.54, 1.807) is 6.92 Å². The number of hydrogen-bond acceptors (Lipinski definition) is 6. The zero-order valence-electron chi connectivity index (χ0n) is 12.1. The first kappa shape index (κ1) is 14.5. The zero-order chi connectivity index (χ0) is 14.5. The molecule has 110 valence electrons. The lowest BCUT2D eigenvalue weighted by atomic mass is 10.1. The first-order chi connectivity index (χ1) is 9.67. The lowest BCUT2D eigenvalue weighted by Crippen LogP contribution is -2.48. The van der Waals surface area contributed by atoms with Crippen LogP contribution in [0.15, 0.2) is 6.33 Å². The standard InChI is InChI=1S/C13H22N6O/c1-3-4-11-12(17-14)15-9-16-13(11)19-7-5-18(6-8-19)10(2)20/h9H,3-8,14H2,1-2H3,(H,15,16,17). The second-order valence-corrected chi connectivity index (χ2v) is 4.91. The number of nitrogens with one attached hydrogen (secondary N) is 1. The van der Waals surface area contributed by atoms with Gasteiger partial charge in [-0.1, -0.05) is 13.3 Å². The molecule has 7 nitrogen and oxygen atoms in total. The van der Waals surface area contributed by atoms with Gasteiger partial charge in [0.05, 0.1) is 0 Å². The van der Waals surface area contributed by atoms with Crippen LogP contribution >= 0.6 is 0 Å². The second kappa shape index (κ2) is 6.51. The maximum Gasteiger partial charge on any atom is 0.219 e. The van der Waals surface area contributed by atoms with Gasteiger partial charge in [0.1, 0.15) is 18.0 Å². The van der Waals surface area contributed by atoms with Crippen LogP contribution in [0.3, 0.4) is 0 Å². The minimum atomic E-state index is 0.130. The molecule has 1 saturated heterocycles. The molecule has 1 aliphatic rings. The van der Waals surface area contributed by atoms with Crippen LogP contribution in [0.2, 0.25) is 0 Å². The molecule has 2 heterocycles. The van der Waals surface area contributed by atoms with Crippen LogP contribution in [-0.4, -0.2) is 47.0 Å². The summed E-state index contributed by atoms with van der Waals surface area (Å²) < 4.78 is 0. The van der Waals surface area contributed by atoms with Crippen molar-refractivity contribution in [2.45, 2.75) is 26.7 Å². The van der Waals surface area contributed by atoms with Crippen LogP contribution in [-0.2, 0) is 11.2 Å². The Morgan fingerprint density at radius 3 is 2.60 bits per heavy atom. The summed E-state index contributed by atoms with van der Waals surface area (Å²) in [5.74, 6) is 7.27. The third kappa shape index (κ3) is 2.98. The first-order valence-corrected chi connectivity index (χ1v) is 6.98. The summed E-state index contributed by atoms with van der Waals surface area (Å²) in [6.07, 6.45) is 3.41. The van der Waals surface area contributed by atoms with Gasteiger partial charge < -0.3 is 15.2 Å². The third-order valence-electron chi connectivity index (χ3n) is 3.58. The Labute approximate surface area is 119 Å². The molecule has 3 N–H and O–H groups in total. The molecule has 1 aliphatic heterocycles. The number of rotatable bonds is 4. The van der Waals surface area contributed by atoms with Gasteiger partial charge in [-0.05, 0) is 6.42 Å². The minimum absolute atomic E-state index is 0.130. The van der Waals surface area contributed by atoms with Crippen molar-refractivity contribution >= 4 is 17.5 Å². The molecule has 0 radical (unpaired) electrons. The molecule has 0 unspecified atom stereocenters. The van der Waals surface area contributed by atoms with Crippen molar-refractivity contribution in [1.82, 2.24) is 14.9 Å². The number of nitrogen functional groups attached to an aromatic ring is 1. The molecule has 1 fully saturated rings. The highest BCUT2D eigenvalue weighted by Gasteiger charge is 2.22. The monoisotopic (exact) mass is 278 g/mol. The number of nitrogens with zero attached hydrogens (tertiary/aromatic N) is 4. The zero-order valence-corrected chi connectivity index (χ0v) is 12.1. The molecular weight excluding hydrogens is 256 g/mol. The van der Waals surface area contributed by atoms with E-state index in [1.807, 2.05) is 4.90 Å². The van der Waals surface area contributed by atoms with Crippen LogP contribution in [0.4, 0.5) is 11.6 Å². The molecule has 20 heavy (non-hydrogen) atoms. The van der Waals surface area contributed by atoms with Crippen molar-refractivity contribution in [3.8, 4) is 0 Å².